The van der Waals surface area contributed by atoms with Gasteiger partial charge in [0.15, 0.2) is 4.90 Å². The Morgan fingerprint density at radius 3 is 2.57 bits per heavy atom. The highest BCUT2D eigenvalue weighted by molar-refractivity contribution is 7.89. The zero-order valence-corrected chi connectivity index (χ0v) is 12.8. The van der Waals surface area contributed by atoms with Crippen LogP contribution in [0.15, 0.2) is 23.1 Å². The lowest BCUT2D eigenvalue weighted by molar-refractivity contribution is -0.386. The Balaban J connectivity index is 2.37. The summed E-state index contributed by atoms with van der Waals surface area (Å²) in [6, 6.07) is 4.14. The average Bonchev–Trinajstić information content (AvgIpc) is 2.36. The lowest BCUT2D eigenvalue weighted by atomic mass is 9.83. The molecule has 8 heteroatoms. The lowest BCUT2D eigenvalue weighted by Gasteiger charge is -2.32. The van der Waals surface area contributed by atoms with Crippen LogP contribution in [-0.4, -0.2) is 25.9 Å². The number of nitrogens with one attached hydrogen (secondary N) is 2. The lowest BCUT2D eigenvalue weighted by Crippen LogP contribution is -2.43. The number of para-hydroxylation sites is 1. The normalized spacial score (nSPS) is 21.6. The van der Waals surface area contributed by atoms with Gasteiger partial charge in [-0.15, -0.1) is 0 Å². The molecule has 0 atom stereocenters. The minimum absolute atomic E-state index is 0.132. The first kappa shape index (κ1) is 15.7. The third kappa shape index (κ3) is 3.33. The number of nitro benzene ring substituents is 1. The fraction of sp³-hybridized carbons (Fsp3) is 0.538. The Bertz CT molecular complexity index is 639. The molecule has 7 nitrogen and oxygen atoms in total. The quantitative estimate of drug-likeness (QED) is 0.618. The van der Waals surface area contributed by atoms with Gasteiger partial charge in [0.05, 0.1) is 4.92 Å². The highest BCUT2D eigenvalue weighted by atomic mass is 32.2. The van der Waals surface area contributed by atoms with Crippen molar-refractivity contribution in [3.63, 3.8) is 0 Å². The van der Waals surface area contributed by atoms with E-state index in [1.54, 1.807) is 6.92 Å². The van der Waals surface area contributed by atoms with Gasteiger partial charge in [0.1, 0.15) is 5.69 Å². The van der Waals surface area contributed by atoms with Crippen LogP contribution in [0, 0.1) is 16.0 Å². The maximum absolute atomic E-state index is 12.4. The number of hydrogen-bond acceptors (Lipinski definition) is 5. The molecule has 0 radical (unpaired) electrons. The Hall–Kier alpha value is -1.67. The Kier molecular flexibility index (Phi) is 4.48. The second kappa shape index (κ2) is 5.98. The van der Waals surface area contributed by atoms with Crippen LogP contribution in [-0.2, 0) is 10.0 Å². The van der Waals surface area contributed by atoms with Crippen LogP contribution >= 0.6 is 0 Å². The van der Waals surface area contributed by atoms with Crippen LogP contribution in [0.1, 0.15) is 26.7 Å². The van der Waals surface area contributed by atoms with Gasteiger partial charge in [0, 0.05) is 12.6 Å². The van der Waals surface area contributed by atoms with Gasteiger partial charge >= 0.3 is 5.69 Å². The number of anilines is 1. The van der Waals surface area contributed by atoms with Crippen molar-refractivity contribution in [1.29, 1.82) is 0 Å². The Morgan fingerprint density at radius 1 is 1.38 bits per heavy atom. The molecule has 0 aliphatic heterocycles. The van der Waals surface area contributed by atoms with Crippen molar-refractivity contribution in [2.75, 3.05) is 11.9 Å². The zero-order valence-electron chi connectivity index (χ0n) is 12.0. The number of nitro groups is 1. The van der Waals surface area contributed by atoms with E-state index in [0.29, 0.717) is 12.5 Å². The molecule has 1 fully saturated rings. The van der Waals surface area contributed by atoms with Gasteiger partial charge in [-0.1, -0.05) is 13.0 Å². The van der Waals surface area contributed by atoms with Crippen molar-refractivity contribution in [2.45, 2.75) is 37.6 Å². The number of hydrogen-bond donors (Lipinski definition) is 2. The highest BCUT2D eigenvalue weighted by Crippen LogP contribution is 2.33. The minimum Gasteiger partial charge on any atom is -0.380 e. The second-order valence-corrected chi connectivity index (χ2v) is 7.02. The first-order chi connectivity index (χ1) is 9.85. The molecule has 0 bridgehead atoms. The van der Waals surface area contributed by atoms with Gasteiger partial charge < -0.3 is 5.32 Å². The van der Waals surface area contributed by atoms with E-state index < -0.39 is 20.6 Å². The van der Waals surface area contributed by atoms with E-state index in [9.17, 15) is 18.5 Å². The molecule has 2 N–H and O–H groups in total. The predicted molar refractivity (Wildman–Crippen MR) is 79.8 cm³/mol. The van der Waals surface area contributed by atoms with E-state index in [4.69, 9.17) is 0 Å². The summed E-state index contributed by atoms with van der Waals surface area (Å²) in [7, 11) is -3.89. The zero-order chi connectivity index (χ0) is 15.6. The van der Waals surface area contributed by atoms with Crippen LogP contribution in [0.5, 0.6) is 0 Å². The largest absolute Gasteiger partial charge is 0.380 e. The van der Waals surface area contributed by atoms with Crippen LogP contribution < -0.4 is 10.0 Å². The van der Waals surface area contributed by atoms with Crippen molar-refractivity contribution in [3.8, 4) is 0 Å². The molecule has 1 aliphatic rings. The monoisotopic (exact) mass is 313 g/mol. The van der Waals surface area contributed by atoms with E-state index in [0.717, 1.165) is 12.8 Å². The van der Waals surface area contributed by atoms with E-state index in [-0.39, 0.29) is 16.6 Å². The maximum atomic E-state index is 12.4. The molecule has 0 spiro atoms. The summed E-state index contributed by atoms with van der Waals surface area (Å²) in [6.07, 6.45) is 1.53. The molecular weight excluding hydrogens is 294 g/mol. The fourth-order valence-electron chi connectivity index (χ4n) is 2.54. The summed E-state index contributed by atoms with van der Waals surface area (Å²) < 4.78 is 27.3. The van der Waals surface area contributed by atoms with Gasteiger partial charge in [-0.2, -0.15) is 0 Å². The molecule has 116 valence electrons. The van der Waals surface area contributed by atoms with Crippen molar-refractivity contribution in [2.24, 2.45) is 5.92 Å². The van der Waals surface area contributed by atoms with Gasteiger partial charge in [0.2, 0.25) is 10.0 Å². The first-order valence-electron chi connectivity index (χ1n) is 6.88. The minimum atomic E-state index is -3.89. The molecule has 0 aromatic heterocycles. The van der Waals surface area contributed by atoms with Crippen LogP contribution in [0.4, 0.5) is 11.4 Å². The molecular formula is C13H19N3O4S. The average molecular weight is 313 g/mol. The molecule has 1 aromatic carbocycles. The van der Waals surface area contributed by atoms with Gasteiger partial charge in [-0.3, -0.25) is 10.1 Å². The first-order valence-corrected chi connectivity index (χ1v) is 8.37. The molecule has 0 unspecified atom stereocenters. The number of benzene rings is 1. The third-order valence-electron chi connectivity index (χ3n) is 3.53. The molecule has 21 heavy (non-hydrogen) atoms. The molecule has 0 amide bonds. The highest BCUT2D eigenvalue weighted by Gasteiger charge is 2.34. The fourth-order valence-corrected chi connectivity index (χ4v) is 4.00. The molecule has 2 rings (SSSR count). The molecule has 1 aromatic rings. The third-order valence-corrected chi connectivity index (χ3v) is 5.09. The van der Waals surface area contributed by atoms with Crippen LogP contribution in [0.25, 0.3) is 0 Å². The van der Waals surface area contributed by atoms with Crippen molar-refractivity contribution >= 4 is 21.4 Å². The van der Waals surface area contributed by atoms with Crippen LogP contribution in [0.3, 0.4) is 0 Å². The maximum Gasteiger partial charge on any atom is 0.312 e. The molecule has 1 saturated carbocycles. The molecule has 0 heterocycles. The van der Waals surface area contributed by atoms with Gasteiger partial charge in [-0.25, -0.2) is 13.1 Å². The van der Waals surface area contributed by atoms with E-state index >= 15 is 0 Å². The second-order valence-electron chi connectivity index (χ2n) is 5.33. The summed E-state index contributed by atoms with van der Waals surface area (Å²) in [5.41, 5.74) is -0.188. The van der Waals surface area contributed by atoms with Crippen molar-refractivity contribution in [3.05, 3.63) is 28.3 Å². The summed E-state index contributed by atoms with van der Waals surface area (Å²) in [5, 5.41) is 14.1. The SMILES string of the molecule is CCNc1cccc(S(=O)(=O)NC2CC(C)C2)c1[N+](=O)[O-]. The van der Waals surface area contributed by atoms with E-state index in [1.807, 2.05) is 6.92 Å². The topological polar surface area (TPSA) is 101 Å². The molecule has 0 saturated heterocycles. The van der Waals surface area contributed by atoms with Gasteiger partial charge in [-0.05, 0) is 37.8 Å². The Morgan fingerprint density at radius 2 is 2.05 bits per heavy atom. The Labute approximate surface area is 123 Å². The van der Waals surface area contributed by atoms with Gasteiger partial charge in [0.25, 0.3) is 0 Å². The van der Waals surface area contributed by atoms with E-state index in [2.05, 4.69) is 10.0 Å². The summed E-state index contributed by atoms with van der Waals surface area (Å²) in [6.45, 7) is 4.30. The smallest absolute Gasteiger partial charge is 0.312 e. The summed E-state index contributed by atoms with van der Waals surface area (Å²) in [4.78, 5) is 10.3. The number of nitrogens with zero attached hydrogens (tertiary/aromatic N) is 1. The van der Waals surface area contributed by atoms with Crippen molar-refractivity contribution < 1.29 is 13.3 Å². The summed E-state index contributed by atoms with van der Waals surface area (Å²) >= 11 is 0. The summed E-state index contributed by atoms with van der Waals surface area (Å²) in [5.74, 6) is 0.487. The molecule has 1 aliphatic carbocycles. The van der Waals surface area contributed by atoms with Crippen molar-refractivity contribution in [1.82, 2.24) is 4.72 Å². The van der Waals surface area contributed by atoms with E-state index in [1.165, 1.54) is 18.2 Å². The predicted octanol–water partition coefficient (Wildman–Crippen LogP) is 2.10. The number of rotatable bonds is 6. The standard InChI is InChI=1S/C13H19N3O4S/c1-3-14-11-5-4-6-12(13(11)16(17)18)21(19,20)15-10-7-9(2)8-10/h4-6,9-10,14-15H,3,7-8H2,1-2H3. The van der Waals surface area contributed by atoms with Crippen LogP contribution in [0.2, 0.25) is 0 Å². The number of sulfonamides is 1.